The molecule has 0 aliphatic carbocycles. The summed E-state index contributed by atoms with van der Waals surface area (Å²) in [6, 6.07) is 15.1. The zero-order valence-corrected chi connectivity index (χ0v) is 14.5. The Morgan fingerprint density at radius 1 is 1.00 bits per heavy atom. The summed E-state index contributed by atoms with van der Waals surface area (Å²) >= 11 is 0. The molecule has 0 fully saturated rings. The Morgan fingerprint density at radius 3 is 2.35 bits per heavy atom. The lowest BCUT2D eigenvalue weighted by Crippen LogP contribution is -2.24. The van der Waals surface area contributed by atoms with Crippen LogP contribution < -0.4 is 10.4 Å². The number of imidazole rings is 1. The maximum Gasteiger partial charge on any atom is 0.329 e. The minimum absolute atomic E-state index is 0.0853. The van der Waals surface area contributed by atoms with E-state index in [-0.39, 0.29) is 12.2 Å². The zero-order valence-electron chi connectivity index (χ0n) is 14.5. The van der Waals surface area contributed by atoms with Gasteiger partial charge in [0, 0.05) is 12.1 Å². The number of ether oxygens (including phenoxy) is 1. The second-order valence-corrected chi connectivity index (χ2v) is 5.83. The first-order chi connectivity index (χ1) is 12.7. The molecule has 0 spiro atoms. The Labute approximate surface area is 149 Å². The van der Waals surface area contributed by atoms with Crippen LogP contribution in [0.2, 0.25) is 0 Å². The maximum absolute atomic E-state index is 12.7. The van der Waals surface area contributed by atoms with E-state index in [2.05, 4.69) is 10.2 Å². The molecule has 0 atom stereocenters. The normalized spacial score (nSPS) is 11.2. The van der Waals surface area contributed by atoms with Crippen molar-refractivity contribution < 1.29 is 9.15 Å². The molecule has 0 bridgehead atoms. The Bertz CT molecular complexity index is 1110. The minimum atomic E-state index is -0.0853. The molecule has 0 aliphatic heterocycles. The van der Waals surface area contributed by atoms with E-state index in [9.17, 15) is 4.79 Å². The summed E-state index contributed by atoms with van der Waals surface area (Å²) in [4.78, 5) is 12.7. The molecule has 0 unspecified atom stereocenters. The molecule has 0 amide bonds. The van der Waals surface area contributed by atoms with Gasteiger partial charge >= 0.3 is 5.69 Å². The Balaban J connectivity index is 1.69. The first-order valence-electron chi connectivity index (χ1n) is 8.36. The van der Waals surface area contributed by atoms with E-state index in [1.54, 1.807) is 16.2 Å². The predicted octanol–water partition coefficient (Wildman–Crippen LogP) is 2.93. The van der Waals surface area contributed by atoms with Crippen molar-refractivity contribution in [2.24, 2.45) is 0 Å². The number of methoxy groups -OCH3 is 1. The van der Waals surface area contributed by atoms with Crippen LogP contribution in [0.15, 0.2) is 57.7 Å². The number of benzene rings is 2. The molecule has 0 N–H and O–H groups in total. The number of aryl methyl sites for hydroxylation is 1. The summed E-state index contributed by atoms with van der Waals surface area (Å²) in [6.45, 7) is 2.79. The summed E-state index contributed by atoms with van der Waals surface area (Å²) in [6.07, 6.45) is 0. The number of rotatable bonds is 5. The molecule has 0 radical (unpaired) electrons. The SMILES string of the molecule is CCn1c(=O)n(Cc2nnc(-c3ccc(OC)cc3)o2)c2ccccc21. The lowest BCUT2D eigenvalue weighted by Gasteiger charge is -2.00. The Hall–Kier alpha value is -3.35. The summed E-state index contributed by atoms with van der Waals surface area (Å²) in [5.74, 6) is 1.55. The fourth-order valence-corrected chi connectivity index (χ4v) is 3.03. The van der Waals surface area contributed by atoms with Gasteiger partial charge in [0.05, 0.1) is 18.1 Å². The van der Waals surface area contributed by atoms with Crippen molar-refractivity contribution >= 4 is 11.0 Å². The van der Waals surface area contributed by atoms with E-state index in [0.717, 1.165) is 22.3 Å². The highest BCUT2D eigenvalue weighted by Gasteiger charge is 2.15. The first kappa shape index (κ1) is 16.1. The molecule has 7 nitrogen and oxygen atoms in total. The van der Waals surface area contributed by atoms with Crippen molar-refractivity contribution in [1.82, 2.24) is 19.3 Å². The molecular formula is C19H18N4O3. The van der Waals surface area contributed by atoms with Crippen LogP contribution in [0.4, 0.5) is 0 Å². The van der Waals surface area contributed by atoms with Crippen molar-refractivity contribution in [2.75, 3.05) is 7.11 Å². The molecule has 4 rings (SSSR count). The van der Waals surface area contributed by atoms with Crippen LogP contribution in [0.3, 0.4) is 0 Å². The average Bonchev–Trinajstić information content (AvgIpc) is 3.25. The van der Waals surface area contributed by atoms with Crippen molar-refractivity contribution in [3.05, 3.63) is 64.9 Å². The van der Waals surface area contributed by atoms with Gasteiger partial charge in [-0.15, -0.1) is 10.2 Å². The van der Waals surface area contributed by atoms with E-state index >= 15 is 0 Å². The monoisotopic (exact) mass is 350 g/mol. The highest BCUT2D eigenvalue weighted by Crippen LogP contribution is 2.22. The molecule has 132 valence electrons. The second-order valence-electron chi connectivity index (χ2n) is 5.83. The first-order valence-corrected chi connectivity index (χ1v) is 8.36. The minimum Gasteiger partial charge on any atom is -0.497 e. The third kappa shape index (κ3) is 2.67. The number of nitrogens with zero attached hydrogens (tertiary/aromatic N) is 4. The standard InChI is InChI=1S/C19H18N4O3/c1-3-22-15-6-4-5-7-16(15)23(19(22)24)12-17-20-21-18(26-17)13-8-10-14(25-2)11-9-13/h4-11H,3,12H2,1-2H3. The molecule has 0 aliphatic rings. The molecule has 7 heteroatoms. The van der Waals surface area contributed by atoms with Gasteiger partial charge in [-0.3, -0.25) is 9.13 Å². The summed E-state index contributed by atoms with van der Waals surface area (Å²) in [5.41, 5.74) is 2.46. The maximum atomic E-state index is 12.7. The predicted molar refractivity (Wildman–Crippen MR) is 97.3 cm³/mol. The van der Waals surface area contributed by atoms with E-state index in [1.165, 1.54) is 0 Å². The van der Waals surface area contributed by atoms with Gasteiger partial charge in [0.2, 0.25) is 11.8 Å². The number of hydrogen-bond donors (Lipinski definition) is 0. The average molecular weight is 350 g/mol. The largest absolute Gasteiger partial charge is 0.497 e. The van der Waals surface area contributed by atoms with E-state index < -0.39 is 0 Å². The molecule has 0 saturated carbocycles. The van der Waals surface area contributed by atoms with Crippen LogP contribution in [0.5, 0.6) is 5.75 Å². The van der Waals surface area contributed by atoms with Gasteiger partial charge in [-0.2, -0.15) is 0 Å². The highest BCUT2D eigenvalue weighted by molar-refractivity contribution is 5.76. The van der Waals surface area contributed by atoms with Gasteiger partial charge in [0.1, 0.15) is 12.3 Å². The molecule has 2 aromatic heterocycles. The van der Waals surface area contributed by atoms with Crippen LogP contribution >= 0.6 is 0 Å². The number of hydrogen-bond acceptors (Lipinski definition) is 5. The Kier molecular flexibility index (Phi) is 4.04. The van der Waals surface area contributed by atoms with Crippen LogP contribution in [-0.2, 0) is 13.1 Å². The molecule has 0 saturated heterocycles. The van der Waals surface area contributed by atoms with Gasteiger partial charge in [-0.1, -0.05) is 12.1 Å². The molecule has 2 heterocycles. The summed E-state index contributed by atoms with van der Waals surface area (Å²) in [7, 11) is 1.62. The van der Waals surface area contributed by atoms with E-state index in [0.29, 0.717) is 18.3 Å². The van der Waals surface area contributed by atoms with Crippen molar-refractivity contribution in [1.29, 1.82) is 0 Å². The van der Waals surface area contributed by atoms with Gasteiger partial charge in [-0.05, 0) is 43.3 Å². The molecule has 2 aromatic carbocycles. The highest BCUT2D eigenvalue weighted by atomic mass is 16.5. The van der Waals surface area contributed by atoms with Crippen molar-refractivity contribution in [2.45, 2.75) is 20.0 Å². The fourth-order valence-electron chi connectivity index (χ4n) is 3.03. The lowest BCUT2D eigenvalue weighted by atomic mass is 10.2. The smallest absolute Gasteiger partial charge is 0.329 e. The lowest BCUT2D eigenvalue weighted by molar-refractivity contribution is 0.415. The van der Waals surface area contributed by atoms with Crippen LogP contribution in [0.1, 0.15) is 12.8 Å². The van der Waals surface area contributed by atoms with Gasteiger partial charge in [-0.25, -0.2) is 4.79 Å². The van der Waals surface area contributed by atoms with Crippen molar-refractivity contribution in [3.63, 3.8) is 0 Å². The van der Waals surface area contributed by atoms with Gasteiger partial charge < -0.3 is 9.15 Å². The van der Waals surface area contributed by atoms with E-state index in [1.807, 2.05) is 55.5 Å². The zero-order chi connectivity index (χ0) is 18.1. The Morgan fingerprint density at radius 2 is 1.69 bits per heavy atom. The second kappa shape index (κ2) is 6.51. The van der Waals surface area contributed by atoms with Crippen molar-refractivity contribution in [3.8, 4) is 17.2 Å². The third-order valence-corrected chi connectivity index (χ3v) is 4.34. The van der Waals surface area contributed by atoms with Crippen LogP contribution in [0, 0.1) is 0 Å². The third-order valence-electron chi connectivity index (χ3n) is 4.34. The number of para-hydroxylation sites is 2. The fraction of sp³-hybridized carbons (Fsp3) is 0.211. The van der Waals surface area contributed by atoms with Crippen LogP contribution in [-0.4, -0.2) is 26.4 Å². The van der Waals surface area contributed by atoms with E-state index in [4.69, 9.17) is 9.15 Å². The van der Waals surface area contributed by atoms with Gasteiger partial charge in [0.15, 0.2) is 0 Å². The quantitative estimate of drug-likeness (QED) is 0.553. The van der Waals surface area contributed by atoms with Gasteiger partial charge in [0.25, 0.3) is 0 Å². The molecule has 26 heavy (non-hydrogen) atoms. The van der Waals surface area contributed by atoms with Crippen LogP contribution in [0.25, 0.3) is 22.5 Å². The number of fused-ring (bicyclic) bond motifs is 1. The molecular weight excluding hydrogens is 332 g/mol. The summed E-state index contributed by atoms with van der Waals surface area (Å²) < 4.78 is 14.3. The topological polar surface area (TPSA) is 75.1 Å². The molecule has 4 aromatic rings. The number of aromatic nitrogens is 4. The summed E-state index contributed by atoms with van der Waals surface area (Å²) in [5, 5.41) is 8.19.